The lowest BCUT2D eigenvalue weighted by Gasteiger charge is -1.98. The van der Waals surface area contributed by atoms with Crippen molar-refractivity contribution in [2.75, 3.05) is 6.26 Å². The Morgan fingerprint density at radius 1 is 1.25 bits per heavy atom. The summed E-state index contributed by atoms with van der Waals surface area (Å²) >= 11 is 0. The average Bonchev–Trinajstić information content (AvgIpc) is 2.24. The number of benzene rings is 1. The zero-order valence-electron chi connectivity index (χ0n) is 9.55. The van der Waals surface area contributed by atoms with E-state index >= 15 is 0 Å². The molecule has 86 valence electrons. The van der Waals surface area contributed by atoms with Crippen LogP contribution in [-0.4, -0.2) is 14.7 Å². The summed E-state index contributed by atoms with van der Waals surface area (Å²) in [5.74, 6) is 0. The lowest BCUT2D eigenvalue weighted by atomic mass is 10.2. The van der Waals surface area contributed by atoms with Crippen LogP contribution in [0.25, 0.3) is 6.08 Å². The molecule has 16 heavy (non-hydrogen) atoms. The fraction of sp³-hybridized carbons (Fsp3) is 0.231. The summed E-state index contributed by atoms with van der Waals surface area (Å²) in [6, 6.07) is 9.63. The van der Waals surface area contributed by atoms with E-state index in [4.69, 9.17) is 0 Å². The zero-order chi connectivity index (χ0) is 12.0. The largest absolute Gasteiger partial charge is 0.224 e. The maximum Gasteiger partial charge on any atom is 0.175 e. The Kier molecular flexibility index (Phi) is 4.50. The molecule has 0 aliphatic carbocycles. The van der Waals surface area contributed by atoms with Gasteiger partial charge in [0.2, 0.25) is 0 Å². The molecule has 0 spiro atoms. The summed E-state index contributed by atoms with van der Waals surface area (Å²) in [5, 5.41) is 0. The molecule has 0 fully saturated rings. The molecule has 0 aromatic heterocycles. The van der Waals surface area contributed by atoms with Crippen molar-refractivity contribution in [2.45, 2.75) is 13.3 Å². The Labute approximate surface area is 97.2 Å². The molecule has 0 saturated heterocycles. The molecule has 0 bridgehead atoms. The normalized spacial score (nSPS) is 13.2. The van der Waals surface area contributed by atoms with Crippen molar-refractivity contribution in [3.8, 4) is 0 Å². The van der Waals surface area contributed by atoms with Crippen molar-refractivity contribution in [1.29, 1.82) is 0 Å². The van der Waals surface area contributed by atoms with E-state index in [9.17, 15) is 8.42 Å². The molecule has 0 amide bonds. The standard InChI is InChI=1S/C13H16O2S/c1-3-7-13(16(2,14)15)11-10-12-8-5-4-6-9-12/h4-11H,3H2,1-2H3/b11-10-,13-7+. The van der Waals surface area contributed by atoms with Gasteiger partial charge in [-0.3, -0.25) is 0 Å². The molecular formula is C13H16O2S. The molecule has 0 radical (unpaired) electrons. The van der Waals surface area contributed by atoms with Gasteiger partial charge in [0, 0.05) is 6.26 Å². The quantitative estimate of drug-likeness (QED) is 0.753. The second-order valence-electron chi connectivity index (χ2n) is 3.53. The fourth-order valence-electron chi connectivity index (χ4n) is 1.29. The summed E-state index contributed by atoms with van der Waals surface area (Å²) in [6.07, 6.45) is 7.11. The molecule has 0 N–H and O–H groups in total. The number of hydrogen-bond donors (Lipinski definition) is 0. The summed E-state index contributed by atoms with van der Waals surface area (Å²) in [5.41, 5.74) is 0.994. The van der Waals surface area contributed by atoms with Crippen molar-refractivity contribution in [2.24, 2.45) is 0 Å². The van der Waals surface area contributed by atoms with Crippen LogP contribution in [0.4, 0.5) is 0 Å². The minimum atomic E-state index is -3.12. The molecule has 0 aliphatic heterocycles. The van der Waals surface area contributed by atoms with Crippen LogP contribution in [0.15, 0.2) is 47.4 Å². The van der Waals surface area contributed by atoms with Gasteiger partial charge in [-0.2, -0.15) is 0 Å². The van der Waals surface area contributed by atoms with Crippen LogP contribution in [-0.2, 0) is 9.84 Å². The Morgan fingerprint density at radius 3 is 2.38 bits per heavy atom. The number of hydrogen-bond acceptors (Lipinski definition) is 2. The second-order valence-corrected chi connectivity index (χ2v) is 5.55. The maximum absolute atomic E-state index is 11.4. The third-order valence-corrected chi connectivity index (χ3v) is 3.23. The van der Waals surface area contributed by atoms with Crippen molar-refractivity contribution in [3.63, 3.8) is 0 Å². The Bertz CT molecular complexity index is 482. The smallest absolute Gasteiger partial charge is 0.175 e. The van der Waals surface area contributed by atoms with Crippen LogP contribution in [0, 0.1) is 0 Å². The average molecular weight is 236 g/mol. The van der Waals surface area contributed by atoms with Crippen LogP contribution in [0.3, 0.4) is 0 Å². The number of sulfone groups is 1. The molecule has 1 rings (SSSR count). The molecule has 0 unspecified atom stereocenters. The highest BCUT2D eigenvalue weighted by molar-refractivity contribution is 7.94. The monoisotopic (exact) mass is 236 g/mol. The highest BCUT2D eigenvalue weighted by Gasteiger charge is 2.06. The van der Waals surface area contributed by atoms with Crippen molar-refractivity contribution in [1.82, 2.24) is 0 Å². The molecule has 2 nitrogen and oxygen atoms in total. The van der Waals surface area contributed by atoms with E-state index in [-0.39, 0.29) is 0 Å². The minimum Gasteiger partial charge on any atom is -0.224 e. The topological polar surface area (TPSA) is 34.1 Å². The van der Waals surface area contributed by atoms with Gasteiger partial charge >= 0.3 is 0 Å². The van der Waals surface area contributed by atoms with Crippen LogP contribution in [0.1, 0.15) is 18.9 Å². The van der Waals surface area contributed by atoms with Gasteiger partial charge in [0.1, 0.15) is 0 Å². The first-order valence-electron chi connectivity index (χ1n) is 5.17. The molecule has 0 heterocycles. The van der Waals surface area contributed by atoms with Gasteiger partial charge in [-0.1, -0.05) is 49.4 Å². The molecule has 0 atom stereocenters. The minimum absolute atomic E-state index is 0.374. The van der Waals surface area contributed by atoms with E-state index in [1.54, 1.807) is 12.2 Å². The van der Waals surface area contributed by atoms with E-state index in [1.165, 1.54) is 6.26 Å². The third kappa shape index (κ3) is 4.03. The SMILES string of the molecule is CC/C=C(\C=C/c1ccccc1)S(C)(=O)=O. The second kappa shape index (κ2) is 5.66. The fourth-order valence-corrected chi connectivity index (χ4v) is 2.07. The van der Waals surface area contributed by atoms with Crippen molar-refractivity contribution < 1.29 is 8.42 Å². The number of allylic oxidation sites excluding steroid dienone is 2. The number of rotatable bonds is 4. The van der Waals surface area contributed by atoms with Gasteiger partial charge in [-0.15, -0.1) is 0 Å². The van der Waals surface area contributed by atoms with Gasteiger partial charge < -0.3 is 0 Å². The highest BCUT2D eigenvalue weighted by Crippen LogP contribution is 2.11. The first kappa shape index (κ1) is 12.7. The molecule has 0 aliphatic rings. The van der Waals surface area contributed by atoms with Crippen LogP contribution in [0.2, 0.25) is 0 Å². The van der Waals surface area contributed by atoms with Crippen molar-refractivity contribution in [3.05, 3.63) is 53.0 Å². The molecule has 3 heteroatoms. The van der Waals surface area contributed by atoms with E-state index < -0.39 is 9.84 Å². The van der Waals surface area contributed by atoms with E-state index in [1.807, 2.05) is 43.3 Å². The van der Waals surface area contributed by atoms with E-state index in [0.29, 0.717) is 11.3 Å². The first-order chi connectivity index (χ1) is 7.54. The van der Waals surface area contributed by atoms with Crippen LogP contribution in [0.5, 0.6) is 0 Å². The Balaban J connectivity index is 2.95. The molecule has 0 saturated carbocycles. The molecular weight excluding hydrogens is 220 g/mol. The Hall–Kier alpha value is -1.35. The zero-order valence-corrected chi connectivity index (χ0v) is 10.4. The summed E-state index contributed by atoms with van der Waals surface area (Å²) in [6.45, 7) is 1.92. The Morgan fingerprint density at radius 2 is 1.88 bits per heavy atom. The van der Waals surface area contributed by atoms with E-state index in [0.717, 1.165) is 5.56 Å². The van der Waals surface area contributed by atoms with Gasteiger partial charge in [-0.25, -0.2) is 8.42 Å². The first-order valence-corrected chi connectivity index (χ1v) is 7.06. The highest BCUT2D eigenvalue weighted by atomic mass is 32.2. The molecule has 1 aromatic rings. The van der Waals surface area contributed by atoms with Crippen LogP contribution >= 0.6 is 0 Å². The lowest BCUT2D eigenvalue weighted by molar-refractivity contribution is 0.608. The molecule has 1 aromatic carbocycles. The third-order valence-electron chi connectivity index (χ3n) is 2.07. The maximum atomic E-state index is 11.4. The predicted octanol–water partition coefficient (Wildman–Crippen LogP) is 3.04. The van der Waals surface area contributed by atoms with Crippen molar-refractivity contribution >= 4 is 15.9 Å². The van der Waals surface area contributed by atoms with Gasteiger partial charge in [0.15, 0.2) is 9.84 Å². The van der Waals surface area contributed by atoms with E-state index in [2.05, 4.69) is 0 Å². The van der Waals surface area contributed by atoms with Crippen LogP contribution < -0.4 is 0 Å². The van der Waals surface area contributed by atoms with Gasteiger partial charge in [0.05, 0.1) is 4.91 Å². The summed E-state index contributed by atoms with van der Waals surface area (Å²) in [4.78, 5) is 0.374. The summed E-state index contributed by atoms with van der Waals surface area (Å²) < 4.78 is 22.8. The summed E-state index contributed by atoms with van der Waals surface area (Å²) in [7, 11) is -3.12. The van der Waals surface area contributed by atoms with Gasteiger partial charge in [-0.05, 0) is 18.1 Å². The lowest BCUT2D eigenvalue weighted by Crippen LogP contribution is -1.98. The predicted molar refractivity (Wildman–Crippen MR) is 68.7 cm³/mol. The van der Waals surface area contributed by atoms with Gasteiger partial charge in [0.25, 0.3) is 0 Å².